The van der Waals surface area contributed by atoms with Crippen molar-refractivity contribution in [3.8, 4) is 0 Å². The fourth-order valence-electron chi connectivity index (χ4n) is 3.51. The van der Waals surface area contributed by atoms with E-state index in [1.165, 1.54) is 32.1 Å². The van der Waals surface area contributed by atoms with Crippen molar-refractivity contribution in [3.63, 3.8) is 0 Å². The normalized spacial score (nSPS) is 15.8. The topological polar surface area (TPSA) is 105 Å². The third-order valence-corrected chi connectivity index (χ3v) is 6.88. The average molecular weight is 548 g/mol. The molecule has 3 atom stereocenters. The number of carbonyl (C=O) groups excluding carboxylic acids is 1. The smallest absolute Gasteiger partial charge is 0.387 e. The molecule has 0 aliphatic rings. The van der Waals surface area contributed by atoms with Gasteiger partial charge in [-0.3, -0.25) is 13.8 Å². The Hall–Kier alpha value is -1.02. The first-order chi connectivity index (χ1) is 17.5. The lowest BCUT2D eigenvalue weighted by molar-refractivity contribution is -0.870. The van der Waals surface area contributed by atoms with E-state index in [0.29, 0.717) is 17.4 Å². The first kappa shape index (κ1) is 36.0. The summed E-state index contributed by atoms with van der Waals surface area (Å²) in [6.45, 7) is 4.51. The van der Waals surface area contributed by atoms with Crippen LogP contribution in [0.2, 0.25) is 0 Å². The average Bonchev–Trinajstić information content (AvgIpc) is 2.81. The van der Waals surface area contributed by atoms with Crippen molar-refractivity contribution in [1.29, 1.82) is 0 Å². The van der Waals surface area contributed by atoms with E-state index in [0.717, 1.165) is 44.9 Å². The molecular weight excluding hydrogens is 491 g/mol. The number of carbonyl (C=O) groups is 1. The van der Waals surface area contributed by atoms with Crippen LogP contribution in [-0.4, -0.2) is 73.4 Å². The Morgan fingerprint density at radius 1 is 0.892 bits per heavy atom. The molecule has 218 valence electrons. The predicted molar refractivity (Wildman–Crippen MR) is 152 cm³/mol. The van der Waals surface area contributed by atoms with E-state index in [-0.39, 0.29) is 19.1 Å². The molecule has 0 aliphatic heterocycles. The van der Waals surface area contributed by atoms with Gasteiger partial charge in [0.05, 0.1) is 39.9 Å². The summed E-state index contributed by atoms with van der Waals surface area (Å²) in [5, 5.41) is 13.3. The molecule has 1 amide bonds. The van der Waals surface area contributed by atoms with Gasteiger partial charge in [-0.1, -0.05) is 76.7 Å². The number of likely N-dealkylation sites (N-methyl/N-ethyl adjacent to an activating group) is 1. The van der Waals surface area contributed by atoms with Crippen LogP contribution >= 0.6 is 7.82 Å². The molecule has 0 aromatic heterocycles. The van der Waals surface area contributed by atoms with E-state index < -0.39 is 20.0 Å². The second-order valence-electron chi connectivity index (χ2n) is 10.8. The molecule has 0 heterocycles. The van der Waals surface area contributed by atoms with Crippen LogP contribution in [0.1, 0.15) is 97.3 Å². The number of amides is 1. The summed E-state index contributed by atoms with van der Waals surface area (Å²) in [4.78, 5) is 22.5. The van der Waals surface area contributed by atoms with Crippen LogP contribution in [0.25, 0.3) is 0 Å². The van der Waals surface area contributed by atoms with Gasteiger partial charge in [0.15, 0.2) is 0 Å². The minimum Gasteiger partial charge on any atom is -0.387 e. The highest BCUT2D eigenvalue weighted by Crippen LogP contribution is 2.43. The highest BCUT2D eigenvalue weighted by atomic mass is 31.2. The zero-order valence-electron chi connectivity index (χ0n) is 24.2. The quantitative estimate of drug-likeness (QED) is 0.0602. The number of aliphatic hydroxyl groups is 1. The third-order valence-electron chi connectivity index (χ3n) is 5.90. The minimum atomic E-state index is -4.30. The van der Waals surface area contributed by atoms with E-state index in [4.69, 9.17) is 9.05 Å². The molecule has 9 heteroatoms. The Morgan fingerprint density at radius 2 is 1.51 bits per heavy atom. The van der Waals surface area contributed by atoms with Crippen molar-refractivity contribution < 1.29 is 32.9 Å². The van der Waals surface area contributed by atoms with Crippen molar-refractivity contribution in [3.05, 3.63) is 24.3 Å². The lowest BCUT2D eigenvalue weighted by Gasteiger charge is -2.25. The van der Waals surface area contributed by atoms with Gasteiger partial charge in [0.25, 0.3) is 0 Å². The summed E-state index contributed by atoms with van der Waals surface area (Å²) in [5.41, 5.74) is 0. The van der Waals surface area contributed by atoms with Gasteiger partial charge in [0.1, 0.15) is 13.2 Å². The van der Waals surface area contributed by atoms with Crippen LogP contribution in [0, 0.1) is 0 Å². The molecule has 3 N–H and O–H groups in total. The van der Waals surface area contributed by atoms with Crippen molar-refractivity contribution in [2.75, 3.05) is 40.9 Å². The largest absolute Gasteiger partial charge is 0.472 e. The van der Waals surface area contributed by atoms with E-state index in [9.17, 15) is 19.4 Å². The van der Waals surface area contributed by atoms with Gasteiger partial charge in [-0.05, 0) is 38.5 Å². The summed E-state index contributed by atoms with van der Waals surface area (Å²) >= 11 is 0. The molecular formula is C28H56N2O6P+. The minimum absolute atomic E-state index is 0.0580. The second-order valence-corrected chi connectivity index (χ2v) is 12.2. The summed E-state index contributed by atoms with van der Waals surface area (Å²) < 4.78 is 23.0. The lowest BCUT2D eigenvalue weighted by atomic mass is 10.1. The molecule has 0 bridgehead atoms. The van der Waals surface area contributed by atoms with Crippen LogP contribution in [-0.2, 0) is 18.4 Å². The van der Waals surface area contributed by atoms with Crippen molar-refractivity contribution in [1.82, 2.24) is 5.32 Å². The molecule has 0 aromatic carbocycles. The molecule has 0 fully saturated rings. The number of aliphatic hydroxyl groups excluding tert-OH is 1. The molecule has 0 aliphatic carbocycles. The van der Waals surface area contributed by atoms with Crippen molar-refractivity contribution in [2.24, 2.45) is 0 Å². The second kappa shape index (κ2) is 21.9. The first-order valence-electron chi connectivity index (χ1n) is 14.2. The summed E-state index contributed by atoms with van der Waals surface area (Å²) in [6.07, 6.45) is 20.3. The number of nitrogens with one attached hydrogen (secondary N) is 1. The predicted octanol–water partition coefficient (Wildman–Crippen LogP) is 5.90. The molecule has 0 saturated carbocycles. The number of allylic oxidation sites excluding steroid dienone is 3. The van der Waals surface area contributed by atoms with Crippen LogP contribution < -0.4 is 5.32 Å². The van der Waals surface area contributed by atoms with Gasteiger partial charge in [-0.2, -0.15) is 0 Å². The van der Waals surface area contributed by atoms with Gasteiger partial charge < -0.3 is 19.8 Å². The molecule has 8 nitrogen and oxygen atoms in total. The van der Waals surface area contributed by atoms with Crippen LogP contribution in [0.3, 0.4) is 0 Å². The van der Waals surface area contributed by atoms with E-state index in [2.05, 4.69) is 24.4 Å². The number of phosphoric acid groups is 1. The number of quaternary nitrogens is 1. The Bertz CT molecular complexity index is 678. The summed E-state index contributed by atoms with van der Waals surface area (Å²) in [5.74, 6) is -0.203. The highest BCUT2D eigenvalue weighted by Gasteiger charge is 2.27. The van der Waals surface area contributed by atoms with Crippen LogP contribution in [0.15, 0.2) is 24.3 Å². The zero-order chi connectivity index (χ0) is 28.0. The summed E-state index contributed by atoms with van der Waals surface area (Å²) in [6, 6.07) is -0.841. The van der Waals surface area contributed by atoms with Gasteiger partial charge in [0.2, 0.25) is 5.91 Å². The molecule has 0 spiro atoms. The van der Waals surface area contributed by atoms with E-state index in [1.54, 1.807) is 6.08 Å². The van der Waals surface area contributed by atoms with Crippen LogP contribution in [0.4, 0.5) is 0 Å². The maximum Gasteiger partial charge on any atom is 0.472 e. The molecule has 0 rings (SSSR count). The monoisotopic (exact) mass is 547 g/mol. The molecule has 3 unspecified atom stereocenters. The van der Waals surface area contributed by atoms with Gasteiger partial charge >= 0.3 is 7.82 Å². The van der Waals surface area contributed by atoms with E-state index >= 15 is 0 Å². The highest BCUT2D eigenvalue weighted by molar-refractivity contribution is 7.47. The van der Waals surface area contributed by atoms with Gasteiger partial charge in [0, 0.05) is 6.42 Å². The first-order valence-corrected chi connectivity index (χ1v) is 15.7. The van der Waals surface area contributed by atoms with E-state index in [1.807, 2.05) is 34.1 Å². The maximum atomic E-state index is 12.5. The zero-order valence-corrected chi connectivity index (χ0v) is 25.1. The number of rotatable bonds is 24. The van der Waals surface area contributed by atoms with Gasteiger partial charge in [-0.25, -0.2) is 4.57 Å². The Labute approximate surface area is 226 Å². The Balaban J connectivity index is 4.43. The fourth-order valence-corrected chi connectivity index (χ4v) is 4.24. The molecule has 37 heavy (non-hydrogen) atoms. The Kier molecular flexibility index (Phi) is 21.3. The number of unbranched alkanes of at least 4 members (excludes halogenated alkanes) is 9. The number of hydrogen-bond acceptors (Lipinski definition) is 5. The lowest BCUT2D eigenvalue weighted by Crippen LogP contribution is -2.45. The molecule has 0 saturated heterocycles. The SMILES string of the molecule is CCC/C=C/C(O)C(COP(=O)(O)OCC[N+](C)(C)C)NC(=O)CCCCCCC/C=C\CCCCC. The van der Waals surface area contributed by atoms with Gasteiger partial charge in [-0.15, -0.1) is 0 Å². The number of nitrogens with zero attached hydrogens (tertiary/aromatic N) is 1. The third kappa shape index (κ3) is 23.8. The maximum absolute atomic E-state index is 12.5. The fraction of sp³-hybridized carbons (Fsp3) is 0.821. The standard InChI is InChI=1S/C28H55N2O6P/c1-6-8-10-11-12-13-14-15-16-17-18-20-22-28(32)29-26(27(31)21-19-9-7-2)25-36-37(33,34)35-24-23-30(3,4)5/h12-13,19,21,26-27,31H,6-11,14-18,20,22-25H2,1-5H3,(H-,29,32,33,34)/p+1/b13-12-,21-19+. The number of phosphoric ester groups is 1. The Morgan fingerprint density at radius 3 is 2.14 bits per heavy atom. The summed E-state index contributed by atoms with van der Waals surface area (Å²) in [7, 11) is 1.55. The van der Waals surface area contributed by atoms with Crippen LogP contribution in [0.5, 0.6) is 0 Å². The molecule has 0 radical (unpaired) electrons. The number of hydrogen-bond donors (Lipinski definition) is 3. The van der Waals surface area contributed by atoms with Crippen molar-refractivity contribution in [2.45, 2.75) is 109 Å². The molecule has 0 aromatic rings. The van der Waals surface area contributed by atoms with Crippen molar-refractivity contribution >= 4 is 13.7 Å².